The summed E-state index contributed by atoms with van der Waals surface area (Å²) in [5, 5.41) is 2.90. The molecule has 4 nitrogen and oxygen atoms in total. The summed E-state index contributed by atoms with van der Waals surface area (Å²) in [6.45, 7) is 10.5. The molecule has 3 unspecified atom stereocenters. The molecule has 0 radical (unpaired) electrons. The maximum absolute atomic E-state index is 12.8. The van der Waals surface area contributed by atoms with Crippen molar-refractivity contribution in [1.82, 2.24) is 10.2 Å². The quantitative estimate of drug-likeness (QED) is 0.862. The fraction of sp³-hybridized carbons (Fsp3) is 0.875. The third kappa shape index (κ3) is 2.70. The molecule has 0 aromatic heterocycles. The number of hydrogen-bond donors (Lipinski definition) is 1. The van der Waals surface area contributed by atoms with E-state index in [0.29, 0.717) is 5.92 Å². The molecule has 1 aliphatic heterocycles. The topological polar surface area (TPSA) is 49.4 Å². The van der Waals surface area contributed by atoms with Crippen LogP contribution in [0.2, 0.25) is 0 Å². The van der Waals surface area contributed by atoms with Crippen molar-refractivity contribution in [2.24, 2.45) is 11.3 Å². The van der Waals surface area contributed by atoms with Gasteiger partial charge in [0.1, 0.15) is 12.1 Å². The first-order valence-corrected chi connectivity index (χ1v) is 7.86. The highest BCUT2D eigenvalue weighted by atomic mass is 16.2. The summed E-state index contributed by atoms with van der Waals surface area (Å²) in [6, 6.07) is -0.478. The predicted octanol–water partition coefficient (Wildman–Crippen LogP) is 2.33. The Labute approximate surface area is 122 Å². The van der Waals surface area contributed by atoms with E-state index in [1.165, 1.54) is 0 Å². The second kappa shape index (κ2) is 5.38. The molecule has 0 spiro atoms. The Morgan fingerprint density at radius 1 is 1.35 bits per heavy atom. The van der Waals surface area contributed by atoms with Crippen LogP contribution in [0.4, 0.5) is 0 Å². The van der Waals surface area contributed by atoms with Crippen molar-refractivity contribution < 1.29 is 9.59 Å². The Morgan fingerprint density at radius 3 is 2.50 bits per heavy atom. The van der Waals surface area contributed by atoms with E-state index in [4.69, 9.17) is 0 Å². The maximum atomic E-state index is 12.8. The van der Waals surface area contributed by atoms with Crippen molar-refractivity contribution in [2.75, 3.05) is 0 Å². The third-order valence-corrected chi connectivity index (χ3v) is 4.91. The SMILES string of the molecule is CC(C)CC1NC(=O)C(C)N(C2CCCC2(C)C)C1=O. The summed E-state index contributed by atoms with van der Waals surface area (Å²) in [6.07, 6.45) is 4.01. The molecule has 1 saturated carbocycles. The summed E-state index contributed by atoms with van der Waals surface area (Å²) in [5.74, 6) is 0.514. The van der Waals surface area contributed by atoms with Crippen LogP contribution in [-0.2, 0) is 9.59 Å². The molecule has 0 bridgehead atoms. The first kappa shape index (κ1) is 15.3. The first-order valence-electron chi connectivity index (χ1n) is 7.86. The Morgan fingerprint density at radius 2 is 2.00 bits per heavy atom. The summed E-state index contributed by atoms with van der Waals surface area (Å²) < 4.78 is 0. The first-order chi connectivity index (χ1) is 9.24. The lowest BCUT2D eigenvalue weighted by atomic mass is 9.84. The minimum absolute atomic E-state index is 0.00190. The van der Waals surface area contributed by atoms with Crippen molar-refractivity contribution in [3.8, 4) is 0 Å². The van der Waals surface area contributed by atoms with Crippen LogP contribution in [0, 0.1) is 11.3 Å². The molecule has 1 saturated heterocycles. The average Bonchev–Trinajstić information content (AvgIpc) is 2.66. The van der Waals surface area contributed by atoms with E-state index in [9.17, 15) is 9.59 Å². The van der Waals surface area contributed by atoms with Crippen LogP contribution < -0.4 is 5.32 Å². The molecule has 2 rings (SSSR count). The normalized spacial score (nSPS) is 33.7. The van der Waals surface area contributed by atoms with Gasteiger partial charge < -0.3 is 10.2 Å². The zero-order valence-electron chi connectivity index (χ0n) is 13.4. The van der Waals surface area contributed by atoms with Crippen molar-refractivity contribution in [3.63, 3.8) is 0 Å². The average molecular weight is 280 g/mol. The van der Waals surface area contributed by atoms with E-state index in [2.05, 4.69) is 33.0 Å². The van der Waals surface area contributed by atoms with Crippen molar-refractivity contribution in [2.45, 2.75) is 78.4 Å². The monoisotopic (exact) mass is 280 g/mol. The molecule has 1 aliphatic carbocycles. The van der Waals surface area contributed by atoms with Crippen molar-refractivity contribution in [3.05, 3.63) is 0 Å². The molecule has 1 N–H and O–H groups in total. The number of carbonyl (C=O) groups is 2. The number of piperazine rings is 1. The van der Waals surface area contributed by atoms with Gasteiger partial charge in [-0.25, -0.2) is 0 Å². The summed E-state index contributed by atoms with van der Waals surface area (Å²) >= 11 is 0. The molecule has 0 aromatic carbocycles. The van der Waals surface area contributed by atoms with E-state index in [0.717, 1.165) is 25.7 Å². The summed E-state index contributed by atoms with van der Waals surface area (Å²) in [5.41, 5.74) is 0.115. The Balaban J connectivity index is 2.24. The minimum atomic E-state index is -0.340. The highest BCUT2D eigenvalue weighted by Gasteiger charge is 2.47. The lowest BCUT2D eigenvalue weighted by Gasteiger charge is -2.45. The van der Waals surface area contributed by atoms with E-state index in [1.807, 2.05) is 11.8 Å². The van der Waals surface area contributed by atoms with Crippen LogP contribution in [0.1, 0.15) is 60.3 Å². The standard InChI is InChI=1S/C16H28N2O2/c1-10(2)9-12-15(20)18(11(3)14(19)17-12)13-7-6-8-16(13,4)5/h10-13H,6-9H2,1-5H3,(H,17,19). The lowest BCUT2D eigenvalue weighted by molar-refractivity contribution is -0.154. The molecule has 2 amide bonds. The molecular formula is C16H28N2O2. The molecule has 0 aromatic rings. The minimum Gasteiger partial charge on any atom is -0.343 e. The highest BCUT2D eigenvalue weighted by molar-refractivity contribution is 5.97. The fourth-order valence-corrected chi connectivity index (χ4v) is 3.73. The highest BCUT2D eigenvalue weighted by Crippen LogP contribution is 2.42. The number of rotatable bonds is 3. The van der Waals surface area contributed by atoms with Gasteiger partial charge in [0.05, 0.1) is 0 Å². The van der Waals surface area contributed by atoms with Gasteiger partial charge in [0.25, 0.3) is 0 Å². The number of amides is 2. The van der Waals surface area contributed by atoms with Crippen molar-refractivity contribution in [1.29, 1.82) is 0 Å². The third-order valence-electron chi connectivity index (χ3n) is 4.91. The molecule has 2 fully saturated rings. The van der Waals surface area contributed by atoms with E-state index in [1.54, 1.807) is 0 Å². The smallest absolute Gasteiger partial charge is 0.246 e. The molecule has 1 heterocycles. The predicted molar refractivity (Wildman–Crippen MR) is 79.1 cm³/mol. The summed E-state index contributed by atoms with van der Waals surface area (Å²) in [4.78, 5) is 26.9. The second-order valence-electron chi connectivity index (χ2n) is 7.51. The maximum Gasteiger partial charge on any atom is 0.246 e. The number of carbonyl (C=O) groups excluding carboxylic acids is 2. The van der Waals surface area contributed by atoms with Gasteiger partial charge in [-0.3, -0.25) is 9.59 Å². The largest absolute Gasteiger partial charge is 0.343 e. The van der Waals surface area contributed by atoms with E-state index >= 15 is 0 Å². The Kier molecular flexibility index (Phi) is 4.12. The van der Waals surface area contributed by atoms with Gasteiger partial charge in [-0.1, -0.05) is 34.1 Å². The van der Waals surface area contributed by atoms with E-state index < -0.39 is 0 Å². The van der Waals surface area contributed by atoms with E-state index in [-0.39, 0.29) is 35.4 Å². The van der Waals surface area contributed by atoms with Gasteiger partial charge in [-0.15, -0.1) is 0 Å². The molecule has 3 atom stereocenters. The van der Waals surface area contributed by atoms with Crippen LogP contribution in [0.25, 0.3) is 0 Å². The zero-order chi connectivity index (χ0) is 15.1. The molecule has 4 heteroatoms. The van der Waals surface area contributed by atoms with Gasteiger partial charge in [0.2, 0.25) is 11.8 Å². The van der Waals surface area contributed by atoms with Gasteiger partial charge in [0.15, 0.2) is 0 Å². The molecular weight excluding hydrogens is 252 g/mol. The van der Waals surface area contributed by atoms with Crippen molar-refractivity contribution >= 4 is 11.8 Å². The van der Waals surface area contributed by atoms with Crippen LogP contribution >= 0.6 is 0 Å². The molecule has 2 aliphatic rings. The van der Waals surface area contributed by atoms with Crippen LogP contribution in [-0.4, -0.2) is 34.8 Å². The molecule has 114 valence electrons. The zero-order valence-corrected chi connectivity index (χ0v) is 13.4. The lowest BCUT2D eigenvalue weighted by Crippen LogP contribution is -2.66. The van der Waals surface area contributed by atoms with Gasteiger partial charge >= 0.3 is 0 Å². The van der Waals surface area contributed by atoms with Gasteiger partial charge in [0, 0.05) is 6.04 Å². The number of nitrogens with zero attached hydrogens (tertiary/aromatic N) is 1. The Hall–Kier alpha value is -1.06. The second-order valence-corrected chi connectivity index (χ2v) is 7.51. The summed E-state index contributed by atoms with van der Waals surface area (Å²) in [7, 11) is 0. The Bertz CT molecular complexity index is 403. The number of nitrogens with one attached hydrogen (secondary N) is 1. The fourth-order valence-electron chi connectivity index (χ4n) is 3.73. The van der Waals surface area contributed by atoms with Crippen LogP contribution in [0.5, 0.6) is 0 Å². The van der Waals surface area contributed by atoms with Gasteiger partial charge in [-0.2, -0.15) is 0 Å². The van der Waals surface area contributed by atoms with Crippen LogP contribution in [0.3, 0.4) is 0 Å². The number of hydrogen-bond acceptors (Lipinski definition) is 2. The molecule has 20 heavy (non-hydrogen) atoms. The van der Waals surface area contributed by atoms with Gasteiger partial charge in [-0.05, 0) is 37.5 Å². The van der Waals surface area contributed by atoms with Crippen LogP contribution in [0.15, 0.2) is 0 Å².